The van der Waals surface area contributed by atoms with Crippen molar-refractivity contribution in [1.29, 1.82) is 0 Å². The third-order valence-electron chi connectivity index (χ3n) is 4.68. The van der Waals surface area contributed by atoms with E-state index in [1.54, 1.807) is 12.1 Å². The van der Waals surface area contributed by atoms with E-state index in [0.717, 1.165) is 9.87 Å². The highest BCUT2D eigenvalue weighted by Crippen LogP contribution is 2.29. The SMILES string of the molecule is COc1ccc(C(=O)Nc2cccc(OC(F)F)c2)cc1S(=O)(=O)N(C)Cc1ccccc1. The molecule has 0 aliphatic rings. The number of carbonyl (C=O) groups excluding carboxylic acids is 1. The first-order chi connectivity index (χ1) is 15.7. The van der Waals surface area contributed by atoms with Crippen molar-refractivity contribution in [2.75, 3.05) is 19.5 Å². The first-order valence-corrected chi connectivity index (χ1v) is 11.2. The number of hydrogen-bond acceptors (Lipinski definition) is 5. The summed E-state index contributed by atoms with van der Waals surface area (Å²) in [5.74, 6) is -0.670. The Labute approximate surface area is 190 Å². The molecule has 0 aromatic heterocycles. The van der Waals surface area contributed by atoms with Crippen molar-refractivity contribution < 1.29 is 31.5 Å². The number of rotatable bonds is 9. The van der Waals surface area contributed by atoms with Gasteiger partial charge in [0.05, 0.1) is 7.11 Å². The van der Waals surface area contributed by atoms with Gasteiger partial charge in [0.25, 0.3) is 5.91 Å². The van der Waals surface area contributed by atoms with Crippen LogP contribution in [-0.4, -0.2) is 39.4 Å². The Kier molecular flexibility index (Phi) is 7.62. The van der Waals surface area contributed by atoms with E-state index < -0.39 is 22.5 Å². The van der Waals surface area contributed by atoms with E-state index in [0.29, 0.717) is 0 Å². The molecule has 0 saturated carbocycles. The van der Waals surface area contributed by atoms with E-state index in [1.807, 2.05) is 18.2 Å². The van der Waals surface area contributed by atoms with Crippen LogP contribution in [0.1, 0.15) is 15.9 Å². The molecule has 3 aromatic rings. The predicted octanol–water partition coefficient (Wildman–Crippen LogP) is 4.37. The fraction of sp³-hybridized carbons (Fsp3) is 0.174. The number of anilines is 1. The molecule has 0 heterocycles. The Hall–Kier alpha value is -3.50. The molecule has 10 heteroatoms. The number of halogens is 2. The average molecular weight is 477 g/mol. The van der Waals surface area contributed by atoms with Crippen molar-refractivity contribution in [2.45, 2.75) is 18.1 Å². The van der Waals surface area contributed by atoms with Crippen molar-refractivity contribution in [1.82, 2.24) is 4.31 Å². The Morgan fingerprint density at radius 1 is 1.03 bits per heavy atom. The molecule has 33 heavy (non-hydrogen) atoms. The van der Waals surface area contributed by atoms with Gasteiger partial charge in [-0.25, -0.2) is 8.42 Å². The largest absolute Gasteiger partial charge is 0.495 e. The monoisotopic (exact) mass is 476 g/mol. The molecule has 3 aromatic carbocycles. The molecule has 0 saturated heterocycles. The van der Waals surface area contributed by atoms with Gasteiger partial charge in [0.15, 0.2) is 0 Å². The lowest BCUT2D eigenvalue weighted by atomic mass is 10.2. The Bertz CT molecular complexity index is 1220. The minimum atomic E-state index is -4.00. The second-order valence-corrected chi connectivity index (χ2v) is 8.99. The van der Waals surface area contributed by atoms with Crippen molar-refractivity contribution >= 4 is 21.6 Å². The average Bonchev–Trinajstić information content (AvgIpc) is 2.79. The van der Waals surface area contributed by atoms with Crippen LogP contribution in [0.2, 0.25) is 0 Å². The van der Waals surface area contributed by atoms with E-state index >= 15 is 0 Å². The highest BCUT2D eigenvalue weighted by molar-refractivity contribution is 7.89. The molecule has 0 unspecified atom stereocenters. The summed E-state index contributed by atoms with van der Waals surface area (Å²) in [7, 11) is -1.24. The first-order valence-electron chi connectivity index (χ1n) is 9.75. The highest BCUT2D eigenvalue weighted by atomic mass is 32.2. The Morgan fingerprint density at radius 2 is 1.76 bits per heavy atom. The molecule has 3 rings (SSSR count). The zero-order chi connectivity index (χ0) is 24.0. The van der Waals surface area contributed by atoms with Crippen LogP contribution in [0.25, 0.3) is 0 Å². The molecule has 0 aliphatic carbocycles. The molecule has 174 valence electrons. The number of alkyl halides is 2. The lowest BCUT2D eigenvalue weighted by molar-refractivity contribution is -0.0498. The number of carbonyl (C=O) groups is 1. The third-order valence-corrected chi connectivity index (χ3v) is 6.50. The number of amides is 1. The zero-order valence-electron chi connectivity index (χ0n) is 17.9. The molecule has 1 amide bonds. The van der Waals surface area contributed by atoms with E-state index in [2.05, 4.69) is 10.1 Å². The maximum absolute atomic E-state index is 13.2. The summed E-state index contributed by atoms with van der Waals surface area (Å²) in [6.45, 7) is -2.88. The quantitative estimate of drug-likeness (QED) is 0.496. The second-order valence-electron chi connectivity index (χ2n) is 6.97. The number of methoxy groups -OCH3 is 1. The third kappa shape index (κ3) is 6.05. The van der Waals surface area contributed by atoms with Gasteiger partial charge in [-0.1, -0.05) is 36.4 Å². The molecule has 0 fully saturated rings. The predicted molar refractivity (Wildman–Crippen MR) is 119 cm³/mol. The minimum Gasteiger partial charge on any atom is -0.495 e. The van der Waals surface area contributed by atoms with Gasteiger partial charge >= 0.3 is 6.61 Å². The zero-order valence-corrected chi connectivity index (χ0v) is 18.7. The summed E-state index contributed by atoms with van der Waals surface area (Å²) in [5, 5.41) is 2.54. The summed E-state index contributed by atoms with van der Waals surface area (Å²) in [6, 6.07) is 18.5. The van der Waals surface area contributed by atoms with E-state index in [9.17, 15) is 22.0 Å². The lowest BCUT2D eigenvalue weighted by Gasteiger charge is -2.19. The summed E-state index contributed by atoms with van der Waals surface area (Å²) in [6.07, 6.45) is 0. The minimum absolute atomic E-state index is 0.0441. The van der Waals surface area contributed by atoms with Gasteiger partial charge in [-0.3, -0.25) is 4.79 Å². The molecule has 7 nitrogen and oxygen atoms in total. The number of sulfonamides is 1. The van der Waals surface area contributed by atoms with Crippen molar-refractivity contribution in [2.24, 2.45) is 0 Å². The molecule has 0 radical (unpaired) electrons. The Morgan fingerprint density at radius 3 is 2.42 bits per heavy atom. The van der Waals surface area contributed by atoms with Crippen molar-refractivity contribution in [3.8, 4) is 11.5 Å². The van der Waals surface area contributed by atoms with Gasteiger partial charge in [0.1, 0.15) is 16.4 Å². The second kappa shape index (κ2) is 10.4. The van der Waals surface area contributed by atoms with Gasteiger partial charge in [0, 0.05) is 30.9 Å². The van der Waals surface area contributed by atoms with Crippen molar-refractivity contribution in [3.63, 3.8) is 0 Å². The molecule has 1 N–H and O–H groups in total. The molecular weight excluding hydrogens is 454 g/mol. The summed E-state index contributed by atoms with van der Waals surface area (Å²) >= 11 is 0. The first kappa shape index (κ1) is 24.1. The summed E-state index contributed by atoms with van der Waals surface area (Å²) in [5.41, 5.74) is 1.05. The summed E-state index contributed by atoms with van der Waals surface area (Å²) < 4.78 is 62.0. The molecular formula is C23H22F2N2O5S. The van der Waals surface area contributed by atoms with Gasteiger partial charge in [-0.2, -0.15) is 13.1 Å². The van der Waals surface area contributed by atoms with E-state index in [-0.39, 0.29) is 34.2 Å². The number of nitrogens with one attached hydrogen (secondary N) is 1. The Balaban J connectivity index is 1.86. The highest BCUT2D eigenvalue weighted by Gasteiger charge is 2.26. The smallest absolute Gasteiger partial charge is 0.387 e. The van der Waals surface area contributed by atoms with Crippen LogP contribution >= 0.6 is 0 Å². The maximum atomic E-state index is 13.2. The number of benzene rings is 3. The molecule has 0 bridgehead atoms. The normalized spacial score (nSPS) is 11.5. The maximum Gasteiger partial charge on any atom is 0.387 e. The van der Waals surface area contributed by atoms with Gasteiger partial charge in [-0.05, 0) is 35.9 Å². The van der Waals surface area contributed by atoms with Crippen LogP contribution in [0, 0.1) is 0 Å². The fourth-order valence-electron chi connectivity index (χ4n) is 3.07. The molecule has 0 aliphatic heterocycles. The van der Waals surface area contributed by atoms with Gasteiger partial charge in [0.2, 0.25) is 10.0 Å². The number of ether oxygens (including phenoxy) is 2. The van der Waals surface area contributed by atoms with E-state index in [4.69, 9.17) is 4.74 Å². The number of nitrogens with zero attached hydrogens (tertiary/aromatic N) is 1. The lowest BCUT2D eigenvalue weighted by Crippen LogP contribution is -2.27. The van der Waals surface area contributed by atoms with Gasteiger partial charge < -0.3 is 14.8 Å². The van der Waals surface area contributed by atoms with Gasteiger partial charge in [-0.15, -0.1) is 0 Å². The number of hydrogen-bond donors (Lipinski definition) is 1. The summed E-state index contributed by atoms with van der Waals surface area (Å²) in [4.78, 5) is 12.6. The van der Waals surface area contributed by atoms with Crippen LogP contribution in [0.15, 0.2) is 77.7 Å². The standard InChI is InChI=1S/C23H22F2N2O5S/c1-27(15-16-7-4-3-5-8-16)33(29,30)21-13-17(11-12-20(21)31-2)22(28)26-18-9-6-10-19(14-18)32-23(24)25/h3-14,23H,15H2,1-2H3,(H,26,28). The topological polar surface area (TPSA) is 84.9 Å². The van der Waals surface area contributed by atoms with Crippen LogP contribution < -0.4 is 14.8 Å². The fourth-order valence-corrected chi connectivity index (χ4v) is 4.40. The molecule has 0 atom stereocenters. The van der Waals surface area contributed by atoms with Crippen LogP contribution in [0.4, 0.5) is 14.5 Å². The van der Waals surface area contributed by atoms with Crippen molar-refractivity contribution in [3.05, 3.63) is 83.9 Å². The van der Waals surface area contributed by atoms with Crippen LogP contribution in [0.5, 0.6) is 11.5 Å². The molecule has 0 spiro atoms. The van der Waals surface area contributed by atoms with E-state index in [1.165, 1.54) is 56.6 Å². The van der Waals surface area contributed by atoms with Crippen LogP contribution in [-0.2, 0) is 16.6 Å². The van der Waals surface area contributed by atoms with Crippen LogP contribution in [0.3, 0.4) is 0 Å².